The Bertz CT molecular complexity index is 920. The van der Waals surface area contributed by atoms with Gasteiger partial charge in [0.15, 0.2) is 6.54 Å². The molecular weight excluding hydrogens is 367 g/mol. The molecule has 0 saturated carbocycles. The summed E-state index contributed by atoms with van der Waals surface area (Å²) in [6.45, 7) is 3.00. The number of amides is 1. The lowest BCUT2D eigenvalue weighted by Crippen LogP contribution is -3.14. The van der Waals surface area contributed by atoms with E-state index in [4.69, 9.17) is 0 Å². The molecular formula is C20H20FN2OS2+. The van der Waals surface area contributed by atoms with Crippen molar-refractivity contribution in [2.45, 2.75) is 19.4 Å². The van der Waals surface area contributed by atoms with Crippen molar-refractivity contribution in [3.63, 3.8) is 0 Å². The summed E-state index contributed by atoms with van der Waals surface area (Å²) in [6.07, 6.45) is 0.997. The van der Waals surface area contributed by atoms with E-state index in [9.17, 15) is 9.18 Å². The Morgan fingerprint density at radius 2 is 2.15 bits per heavy atom. The first kappa shape index (κ1) is 17.4. The van der Waals surface area contributed by atoms with Gasteiger partial charge in [-0.15, -0.1) is 22.7 Å². The van der Waals surface area contributed by atoms with Gasteiger partial charge in [-0.25, -0.2) is 4.39 Å². The standard InChI is InChI=1S/C20H19FN2OS2/c1-13-4-5-14(11-16(13)21)22-19(24)12-23-8-6-17-15(7-10-26-17)20(23)18-3-2-9-25-18/h2-5,7,9-11,20H,6,8,12H2,1H3,(H,22,24)/p+1/t20-/m0/s1. The van der Waals surface area contributed by atoms with Gasteiger partial charge in [0.2, 0.25) is 0 Å². The highest BCUT2D eigenvalue weighted by molar-refractivity contribution is 7.10. The molecule has 1 aromatic carbocycles. The smallest absolute Gasteiger partial charge is 0.279 e. The van der Waals surface area contributed by atoms with Crippen molar-refractivity contribution in [3.8, 4) is 0 Å². The maximum Gasteiger partial charge on any atom is 0.279 e. The highest BCUT2D eigenvalue weighted by atomic mass is 32.1. The summed E-state index contributed by atoms with van der Waals surface area (Å²) < 4.78 is 13.7. The molecule has 3 heterocycles. The number of carbonyl (C=O) groups is 1. The molecule has 2 aromatic heterocycles. The minimum absolute atomic E-state index is 0.0801. The van der Waals surface area contributed by atoms with Gasteiger partial charge in [-0.2, -0.15) is 0 Å². The third-order valence-corrected chi connectivity index (χ3v) is 6.78. The molecule has 26 heavy (non-hydrogen) atoms. The van der Waals surface area contributed by atoms with E-state index in [1.54, 1.807) is 41.7 Å². The summed E-state index contributed by atoms with van der Waals surface area (Å²) in [5.74, 6) is -0.379. The van der Waals surface area contributed by atoms with Crippen LogP contribution in [0.5, 0.6) is 0 Å². The number of anilines is 1. The molecule has 1 amide bonds. The number of carbonyl (C=O) groups excluding carboxylic acids is 1. The lowest BCUT2D eigenvalue weighted by Gasteiger charge is -2.31. The second kappa shape index (κ2) is 7.31. The largest absolute Gasteiger partial charge is 0.321 e. The second-order valence-electron chi connectivity index (χ2n) is 6.59. The monoisotopic (exact) mass is 387 g/mol. The Labute approximate surface area is 160 Å². The molecule has 3 nitrogen and oxygen atoms in total. The summed E-state index contributed by atoms with van der Waals surface area (Å²) >= 11 is 3.54. The molecule has 0 bridgehead atoms. The normalized spacial score (nSPS) is 19.2. The molecule has 0 radical (unpaired) electrons. The van der Waals surface area contributed by atoms with Crippen LogP contribution in [-0.2, 0) is 11.2 Å². The summed E-state index contributed by atoms with van der Waals surface area (Å²) in [5.41, 5.74) is 2.43. The highest BCUT2D eigenvalue weighted by Crippen LogP contribution is 2.31. The molecule has 1 aliphatic heterocycles. The van der Waals surface area contributed by atoms with E-state index in [-0.39, 0.29) is 17.8 Å². The van der Waals surface area contributed by atoms with Crippen LogP contribution in [0.3, 0.4) is 0 Å². The van der Waals surface area contributed by atoms with Crippen molar-refractivity contribution < 1.29 is 14.1 Å². The van der Waals surface area contributed by atoms with Crippen LogP contribution in [0, 0.1) is 12.7 Å². The molecule has 1 aliphatic rings. The molecule has 0 aliphatic carbocycles. The minimum Gasteiger partial charge on any atom is -0.321 e. The molecule has 2 N–H and O–H groups in total. The summed E-state index contributed by atoms with van der Waals surface area (Å²) in [6, 6.07) is 11.4. The van der Waals surface area contributed by atoms with E-state index in [0.29, 0.717) is 17.8 Å². The van der Waals surface area contributed by atoms with E-state index in [0.717, 1.165) is 13.0 Å². The Balaban J connectivity index is 1.53. The summed E-state index contributed by atoms with van der Waals surface area (Å²) in [5, 5.41) is 7.08. The zero-order valence-corrected chi connectivity index (χ0v) is 16.1. The maximum absolute atomic E-state index is 13.7. The topological polar surface area (TPSA) is 33.5 Å². The van der Waals surface area contributed by atoms with Gasteiger partial charge in [-0.1, -0.05) is 12.1 Å². The first-order chi connectivity index (χ1) is 12.6. The Hall–Kier alpha value is -2.02. The van der Waals surface area contributed by atoms with Crippen molar-refractivity contribution >= 4 is 34.3 Å². The van der Waals surface area contributed by atoms with Crippen LogP contribution in [0.4, 0.5) is 10.1 Å². The lowest BCUT2D eigenvalue weighted by molar-refractivity contribution is -0.919. The molecule has 0 saturated heterocycles. The van der Waals surface area contributed by atoms with Crippen LogP contribution in [0.15, 0.2) is 47.2 Å². The molecule has 2 atom stereocenters. The number of rotatable bonds is 4. The van der Waals surface area contributed by atoms with Crippen molar-refractivity contribution in [2.75, 3.05) is 18.4 Å². The number of thiophene rings is 2. The van der Waals surface area contributed by atoms with Crippen LogP contribution in [-0.4, -0.2) is 19.0 Å². The van der Waals surface area contributed by atoms with Crippen molar-refractivity contribution in [1.29, 1.82) is 0 Å². The van der Waals surface area contributed by atoms with Crippen molar-refractivity contribution in [1.82, 2.24) is 0 Å². The molecule has 3 aromatic rings. The maximum atomic E-state index is 13.7. The van der Waals surface area contributed by atoms with E-state index < -0.39 is 0 Å². The van der Waals surface area contributed by atoms with Gasteiger partial charge in [-0.3, -0.25) is 4.79 Å². The molecule has 0 spiro atoms. The van der Waals surface area contributed by atoms with E-state index in [1.165, 1.54) is 26.3 Å². The average molecular weight is 388 g/mol. The Kier molecular flexibility index (Phi) is 4.89. The zero-order valence-electron chi connectivity index (χ0n) is 14.4. The Morgan fingerprint density at radius 3 is 2.92 bits per heavy atom. The van der Waals surface area contributed by atoms with Crippen LogP contribution < -0.4 is 10.2 Å². The quantitative estimate of drug-likeness (QED) is 0.707. The third-order valence-electron chi connectivity index (χ3n) is 4.84. The van der Waals surface area contributed by atoms with Crippen molar-refractivity contribution in [3.05, 3.63) is 73.9 Å². The number of benzene rings is 1. The van der Waals surface area contributed by atoms with Crippen LogP contribution >= 0.6 is 22.7 Å². The van der Waals surface area contributed by atoms with E-state index in [1.807, 2.05) is 0 Å². The fourth-order valence-electron chi connectivity index (χ4n) is 3.53. The highest BCUT2D eigenvalue weighted by Gasteiger charge is 2.35. The number of halogens is 1. The van der Waals surface area contributed by atoms with Crippen LogP contribution in [0.1, 0.15) is 26.9 Å². The fourth-order valence-corrected chi connectivity index (χ4v) is 5.35. The molecule has 0 fully saturated rings. The van der Waals surface area contributed by atoms with Crippen LogP contribution in [0.2, 0.25) is 0 Å². The zero-order chi connectivity index (χ0) is 18.1. The molecule has 6 heteroatoms. The van der Waals surface area contributed by atoms with Gasteiger partial charge < -0.3 is 10.2 Å². The van der Waals surface area contributed by atoms with E-state index >= 15 is 0 Å². The second-order valence-corrected chi connectivity index (χ2v) is 8.57. The van der Waals surface area contributed by atoms with Gasteiger partial charge in [0.1, 0.15) is 11.9 Å². The number of nitrogens with one attached hydrogen (secondary N) is 2. The third kappa shape index (κ3) is 3.45. The SMILES string of the molecule is Cc1ccc(NC(=O)C[NH+]2CCc3sccc3[C@H]2c2cccs2)cc1F. The first-order valence-electron chi connectivity index (χ1n) is 8.62. The van der Waals surface area contributed by atoms with Crippen LogP contribution in [0.25, 0.3) is 0 Å². The number of hydrogen-bond acceptors (Lipinski definition) is 3. The summed E-state index contributed by atoms with van der Waals surface area (Å²) in [4.78, 5) is 16.5. The molecule has 1 unspecified atom stereocenters. The lowest BCUT2D eigenvalue weighted by atomic mass is 9.98. The number of hydrogen-bond donors (Lipinski definition) is 2. The predicted octanol–water partition coefficient (Wildman–Crippen LogP) is 3.43. The number of aryl methyl sites for hydroxylation is 1. The average Bonchev–Trinajstić information content (AvgIpc) is 3.29. The predicted molar refractivity (Wildman–Crippen MR) is 105 cm³/mol. The van der Waals surface area contributed by atoms with Gasteiger partial charge in [0.05, 0.1) is 11.4 Å². The first-order valence-corrected chi connectivity index (χ1v) is 10.4. The number of quaternary nitrogens is 1. The van der Waals surface area contributed by atoms with Crippen molar-refractivity contribution in [2.24, 2.45) is 0 Å². The van der Waals surface area contributed by atoms with Gasteiger partial charge in [-0.05, 0) is 47.5 Å². The Morgan fingerprint density at radius 1 is 1.27 bits per heavy atom. The minimum atomic E-state index is -0.299. The summed E-state index contributed by atoms with van der Waals surface area (Å²) in [7, 11) is 0. The molecule has 134 valence electrons. The van der Waals surface area contributed by atoms with E-state index in [2.05, 4.69) is 34.3 Å². The number of fused-ring (bicyclic) bond motifs is 1. The van der Waals surface area contributed by atoms with Gasteiger partial charge in [0, 0.05) is 22.5 Å². The van der Waals surface area contributed by atoms with Gasteiger partial charge >= 0.3 is 0 Å². The fraction of sp³-hybridized carbons (Fsp3) is 0.250. The molecule has 4 rings (SSSR count). The van der Waals surface area contributed by atoms with Gasteiger partial charge in [0.25, 0.3) is 5.91 Å².